The van der Waals surface area contributed by atoms with E-state index < -0.39 is 5.97 Å². The van der Waals surface area contributed by atoms with Crippen LogP contribution in [-0.4, -0.2) is 34.4 Å². The molecule has 8 heteroatoms. The van der Waals surface area contributed by atoms with E-state index in [9.17, 15) is 14.4 Å². The number of hydrogen-bond acceptors (Lipinski definition) is 5. The molecule has 0 saturated heterocycles. The second-order valence-electron chi connectivity index (χ2n) is 4.29. The normalized spacial score (nSPS) is 10.3. The summed E-state index contributed by atoms with van der Waals surface area (Å²) in [5, 5.41) is 14.5. The van der Waals surface area contributed by atoms with Gasteiger partial charge in [-0.3, -0.25) is 9.59 Å². The van der Waals surface area contributed by atoms with E-state index >= 15 is 0 Å². The molecule has 3 N–H and O–H groups in total. The maximum Gasteiger partial charge on any atom is 0.335 e. The Balaban J connectivity index is 2.04. The molecule has 0 saturated carbocycles. The second kappa shape index (κ2) is 6.31. The van der Waals surface area contributed by atoms with Crippen molar-refractivity contribution >= 4 is 44.5 Å². The number of thiazole rings is 1. The second-order valence-corrected chi connectivity index (χ2v) is 5.32. The number of aromatic nitrogens is 1. The minimum absolute atomic E-state index is 0.149. The van der Waals surface area contributed by atoms with Gasteiger partial charge in [-0.25, -0.2) is 9.78 Å². The van der Waals surface area contributed by atoms with Crippen molar-refractivity contribution in [3.8, 4) is 0 Å². The molecule has 0 bridgehead atoms. The Kier molecular flexibility index (Phi) is 4.49. The Morgan fingerprint density at radius 2 is 2.10 bits per heavy atom. The van der Waals surface area contributed by atoms with Crippen LogP contribution >= 0.6 is 11.3 Å². The van der Waals surface area contributed by atoms with Crippen molar-refractivity contribution in [1.29, 1.82) is 0 Å². The highest BCUT2D eigenvalue weighted by Gasteiger charge is 2.10. The highest BCUT2D eigenvalue weighted by Crippen LogP contribution is 2.26. The summed E-state index contributed by atoms with van der Waals surface area (Å²) in [6.07, 6.45) is 0.149. The average molecular weight is 307 g/mol. The van der Waals surface area contributed by atoms with E-state index in [1.807, 2.05) is 0 Å². The van der Waals surface area contributed by atoms with Gasteiger partial charge >= 0.3 is 5.97 Å². The fourth-order valence-corrected chi connectivity index (χ4v) is 2.57. The van der Waals surface area contributed by atoms with Crippen LogP contribution < -0.4 is 10.6 Å². The van der Waals surface area contributed by atoms with Gasteiger partial charge in [0.25, 0.3) is 0 Å². The molecule has 2 rings (SSSR count). The van der Waals surface area contributed by atoms with Gasteiger partial charge in [-0.1, -0.05) is 11.3 Å². The molecule has 21 heavy (non-hydrogen) atoms. The van der Waals surface area contributed by atoms with Crippen LogP contribution in [0.1, 0.15) is 23.7 Å². The number of carboxylic acids is 1. The number of aromatic carboxylic acids is 1. The number of fused-ring (bicyclic) bond motifs is 1. The Bertz CT molecular complexity index is 711. The number of carboxylic acid groups (broad SMARTS) is 1. The highest BCUT2D eigenvalue weighted by atomic mass is 32.1. The number of hydrogen-bond donors (Lipinski definition) is 3. The van der Waals surface area contributed by atoms with Crippen LogP contribution in [0.2, 0.25) is 0 Å². The predicted octanol–water partition coefficient (Wildman–Crippen LogP) is 1.46. The molecule has 2 amide bonds. The van der Waals surface area contributed by atoms with Gasteiger partial charge < -0.3 is 15.7 Å². The number of nitrogens with zero attached hydrogens (tertiary/aromatic N) is 1. The van der Waals surface area contributed by atoms with Gasteiger partial charge in [-0.2, -0.15) is 0 Å². The molecular weight excluding hydrogens is 294 g/mol. The minimum atomic E-state index is -1.01. The predicted molar refractivity (Wildman–Crippen MR) is 78.5 cm³/mol. The van der Waals surface area contributed by atoms with Crippen molar-refractivity contribution in [3.05, 3.63) is 23.8 Å². The van der Waals surface area contributed by atoms with Crippen molar-refractivity contribution < 1.29 is 19.5 Å². The van der Waals surface area contributed by atoms with E-state index in [1.54, 1.807) is 6.07 Å². The summed E-state index contributed by atoms with van der Waals surface area (Å²) in [6, 6.07) is 4.58. The van der Waals surface area contributed by atoms with Crippen LogP contribution in [0.25, 0.3) is 10.2 Å². The third kappa shape index (κ3) is 3.99. The maximum absolute atomic E-state index is 11.7. The molecule has 0 radical (unpaired) electrons. The van der Waals surface area contributed by atoms with Crippen molar-refractivity contribution in [3.63, 3.8) is 0 Å². The number of carbonyl (C=O) groups excluding carboxylic acids is 2. The molecule has 0 unspecified atom stereocenters. The fraction of sp³-hybridized carbons (Fsp3) is 0.231. The van der Waals surface area contributed by atoms with Crippen LogP contribution in [-0.2, 0) is 9.59 Å². The van der Waals surface area contributed by atoms with E-state index in [-0.39, 0.29) is 30.3 Å². The van der Waals surface area contributed by atoms with E-state index in [2.05, 4.69) is 15.6 Å². The number of benzene rings is 1. The molecule has 0 aliphatic heterocycles. The van der Waals surface area contributed by atoms with Crippen molar-refractivity contribution in [2.24, 2.45) is 0 Å². The zero-order chi connectivity index (χ0) is 15.4. The molecule has 0 spiro atoms. The maximum atomic E-state index is 11.7. The molecule has 1 heterocycles. The number of carbonyl (C=O) groups is 3. The molecule has 1 aromatic carbocycles. The van der Waals surface area contributed by atoms with Crippen LogP contribution in [0.4, 0.5) is 5.13 Å². The lowest BCUT2D eigenvalue weighted by atomic mass is 10.2. The summed E-state index contributed by atoms with van der Waals surface area (Å²) in [5.74, 6) is -1.46. The first-order chi connectivity index (χ1) is 9.95. The van der Waals surface area contributed by atoms with E-state index in [0.717, 1.165) is 0 Å². The summed E-state index contributed by atoms with van der Waals surface area (Å²) < 4.78 is 0.687. The number of anilines is 1. The van der Waals surface area contributed by atoms with Gasteiger partial charge in [0.1, 0.15) is 0 Å². The Labute approximate surface area is 124 Å². The largest absolute Gasteiger partial charge is 0.478 e. The summed E-state index contributed by atoms with van der Waals surface area (Å²) in [6.45, 7) is 1.64. The van der Waals surface area contributed by atoms with E-state index in [1.165, 1.54) is 30.4 Å². The van der Waals surface area contributed by atoms with Crippen molar-refractivity contribution in [2.75, 3.05) is 11.9 Å². The van der Waals surface area contributed by atoms with Gasteiger partial charge in [0, 0.05) is 19.9 Å². The van der Waals surface area contributed by atoms with Crippen LogP contribution in [0, 0.1) is 0 Å². The molecule has 0 aliphatic rings. The third-order valence-electron chi connectivity index (χ3n) is 2.61. The van der Waals surface area contributed by atoms with Crippen LogP contribution in [0.15, 0.2) is 18.2 Å². The van der Waals surface area contributed by atoms with Gasteiger partial charge in [0.05, 0.1) is 15.8 Å². The summed E-state index contributed by atoms with van der Waals surface area (Å²) in [5.41, 5.74) is 0.803. The Hall–Kier alpha value is -2.48. The number of nitrogens with one attached hydrogen (secondary N) is 2. The molecule has 0 fully saturated rings. The zero-order valence-corrected chi connectivity index (χ0v) is 12.0. The molecule has 2 aromatic rings. The van der Waals surface area contributed by atoms with Crippen molar-refractivity contribution in [1.82, 2.24) is 10.3 Å². The average Bonchev–Trinajstić information content (AvgIpc) is 2.78. The Morgan fingerprint density at radius 3 is 2.76 bits per heavy atom. The minimum Gasteiger partial charge on any atom is -0.478 e. The topological polar surface area (TPSA) is 108 Å². The van der Waals surface area contributed by atoms with Gasteiger partial charge in [0.2, 0.25) is 11.8 Å². The standard InChI is InChI=1S/C13H13N3O4S/c1-7(17)14-5-4-11(18)16-13-15-9-3-2-8(12(19)20)6-10(9)21-13/h2-3,6H,4-5H2,1H3,(H,14,17)(H,19,20)(H,15,16,18). The van der Waals surface area contributed by atoms with E-state index in [4.69, 9.17) is 5.11 Å². The van der Waals surface area contributed by atoms with Gasteiger partial charge in [-0.05, 0) is 18.2 Å². The third-order valence-corrected chi connectivity index (χ3v) is 3.54. The van der Waals surface area contributed by atoms with Crippen LogP contribution in [0.3, 0.4) is 0 Å². The molecule has 0 aliphatic carbocycles. The monoisotopic (exact) mass is 307 g/mol. The summed E-state index contributed by atoms with van der Waals surface area (Å²) in [7, 11) is 0. The first kappa shape index (κ1) is 14.9. The van der Waals surface area contributed by atoms with Gasteiger partial charge in [0.15, 0.2) is 5.13 Å². The molecule has 7 nitrogen and oxygen atoms in total. The number of amides is 2. The quantitative estimate of drug-likeness (QED) is 0.775. The smallest absolute Gasteiger partial charge is 0.335 e. The molecule has 110 valence electrons. The summed E-state index contributed by atoms with van der Waals surface area (Å²) >= 11 is 1.20. The summed E-state index contributed by atoms with van der Waals surface area (Å²) in [4.78, 5) is 37.4. The Morgan fingerprint density at radius 1 is 1.33 bits per heavy atom. The first-order valence-corrected chi connectivity index (χ1v) is 6.95. The van der Waals surface area contributed by atoms with Gasteiger partial charge in [-0.15, -0.1) is 0 Å². The number of rotatable bonds is 5. The lowest BCUT2D eigenvalue weighted by Crippen LogP contribution is -2.25. The first-order valence-electron chi connectivity index (χ1n) is 6.14. The fourth-order valence-electron chi connectivity index (χ4n) is 1.64. The lowest BCUT2D eigenvalue weighted by molar-refractivity contribution is -0.119. The van der Waals surface area contributed by atoms with Crippen molar-refractivity contribution in [2.45, 2.75) is 13.3 Å². The molecule has 1 aromatic heterocycles. The zero-order valence-electron chi connectivity index (χ0n) is 11.2. The van der Waals surface area contributed by atoms with E-state index in [0.29, 0.717) is 15.3 Å². The SMILES string of the molecule is CC(=O)NCCC(=O)Nc1nc2ccc(C(=O)O)cc2s1. The molecular formula is C13H13N3O4S. The lowest BCUT2D eigenvalue weighted by Gasteiger charge is -2.01. The highest BCUT2D eigenvalue weighted by molar-refractivity contribution is 7.22. The molecule has 0 atom stereocenters. The van der Waals surface area contributed by atoms with Crippen LogP contribution in [0.5, 0.6) is 0 Å².